The van der Waals surface area contributed by atoms with Crippen LogP contribution in [-0.2, 0) is 9.53 Å². The van der Waals surface area contributed by atoms with Crippen molar-refractivity contribution in [3.63, 3.8) is 0 Å². The predicted molar refractivity (Wildman–Crippen MR) is 55.1 cm³/mol. The first-order valence-corrected chi connectivity index (χ1v) is 5.20. The summed E-state index contributed by atoms with van der Waals surface area (Å²) in [6.45, 7) is 6.83. The summed E-state index contributed by atoms with van der Waals surface area (Å²) in [5.74, 6) is 0.291. The number of morpholine rings is 1. The number of hydrogen-bond acceptors (Lipinski definition) is 3. The molecule has 1 fully saturated rings. The van der Waals surface area contributed by atoms with E-state index in [4.69, 9.17) is 4.74 Å². The molecule has 1 rings (SSSR count). The van der Waals surface area contributed by atoms with Gasteiger partial charge in [-0.3, -0.25) is 4.79 Å². The van der Waals surface area contributed by atoms with Crippen LogP contribution in [0.5, 0.6) is 0 Å². The highest BCUT2D eigenvalue weighted by Crippen LogP contribution is 2.08. The standard InChI is InChI=1S/C10H20N2O2/c1-8(6-11-3)10(13)12-4-5-14-9(2)7-12/h8-9,11H,4-7H2,1-3H3. The monoisotopic (exact) mass is 200 g/mol. The molecule has 4 nitrogen and oxygen atoms in total. The topological polar surface area (TPSA) is 41.6 Å². The van der Waals surface area contributed by atoms with Crippen molar-refractivity contribution >= 4 is 5.91 Å². The van der Waals surface area contributed by atoms with Crippen LogP contribution in [0.15, 0.2) is 0 Å². The summed E-state index contributed by atoms with van der Waals surface area (Å²) < 4.78 is 5.39. The van der Waals surface area contributed by atoms with Crippen LogP contribution in [0, 0.1) is 5.92 Å². The maximum absolute atomic E-state index is 11.9. The van der Waals surface area contributed by atoms with Crippen molar-refractivity contribution in [2.45, 2.75) is 20.0 Å². The molecule has 4 heteroatoms. The Morgan fingerprint density at radius 3 is 3.00 bits per heavy atom. The number of rotatable bonds is 3. The lowest BCUT2D eigenvalue weighted by molar-refractivity contribution is -0.141. The summed E-state index contributed by atoms with van der Waals surface area (Å²) >= 11 is 0. The SMILES string of the molecule is CNCC(C)C(=O)N1CCOC(C)C1. The zero-order chi connectivity index (χ0) is 10.6. The molecule has 0 spiro atoms. The van der Waals surface area contributed by atoms with E-state index in [1.54, 1.807) is 0 Å². The van der Waals surface area contributed by atoms with Crippen molar-refractivity contribution in [3.8, 4) is 0 Å². The highest BCUT2D eigenvalue weighted by molar-refractivity contribution is 5.78. The van der Waals surface area contributed by atoms with Crippen LogP contribution < -0.4 is 5.32 Å². The zero-order valence-electron chi connectivity index (χ0n) is 9.25. The Morgan fingerprint density at radius 1 is 1.71 bits per heavy atom. The van der Waals surface area contributed by atoms with Crippen LogP contribution in [0.4, 0.5) is 0 Å². The average molecular weight is 200 g/mol. The van der Waals surface area contributed by atoms with E-state index in [1.165, 1.54) is 0 Å². The number of amides is 1. The molecule has 1 saturated heterocycles. The van der Waals surface area contributed by atoms with E-state index in [1.807, 2.05) is 25.8 Å². The van der Waals surface area contributed by atoms with Crippen LogP contribution in [0.2, 0.25) is 0 Å². The number of carbonyl (C=O) groups excluding carboxylic acids is 1. The predicted octanol–water partition coefficient (Wildman–Crippen LogP) is 0.0892. The van der Waals surface area contributed by atoms with Crippen LogP contribution >= 0.6 is 0 Å². The Labute approximate surface area is 85.6 Å². The van der Waals surface area contributed by atoms with Gasteiger partial charge in [0.05, 0.1) is 12.7 Å². The first-order chi connectivity index (χ1) is 6.65. The number of hydrogen-bond donors (Lipinski definition) is 1. The average Bonchev–Trinajstić information content (AvgIpc) is 2.17. The van der Waals surface area contributed by atoms with Gasteiger partial charge in [-0.25, -0.2) is 0 Å². The summed E-state index contributed by atoms with van der Waals surface area (Å²) in [5, 5.41) is 3.02. The molecule has 1 aliphatic rings. The summed E-state index contributed by atoms with van der Waals surface area (Å²) in [4.78, 5) is 13.8. The first-order valence-electron chi connectivity index (χ1n) is 5.20. The van der Waals surface area contributed by atoms with Crippen LogP contribution in [0.1, 0.15) is 13.8 Å². The molecule has 2 atom stereocenters. The lowest BCUT2D eigenvalue weighted by Gasteiger charge is -2.32. The highest BCUT2D eigenvalue weighted by atomic mass is 16.5. The molecule has 1 heterocycles. The van der Waals surface area contributed by atoms with Crippen LogP contribution in [0.25, 0.3) is 0 Å². The lowest BCUT2D eigenvalue weighted by atomic mass is 10.1. The number of ether oxygens (including phenoxy) is 1. The summed E-state index contributed by atoms with van der Waals surface area (Å²) in [5.41, 5.74) is 0. The fraction of sp³-hybridized carbons (Fsp3) is 0.900. The molecule has 2 unspecified atom stereocenters. The van der Waals surface area contributed by atoms with Gasteiger partial charge < -0.3 is 15.0 Å². The Bertz CT molecular complexity index is 197. The summed E-state index contributed by atoms with van der Waals surface area (Å²) in [6.07, 6.45) is 0.175. The van der Waals surface area contributed by atoms with E-state index in [2.05, 4.69) is 5.32 Å². The van der Waals surface area contributed by atoms with Crippen molar-refractivity contribution in [2.75, 3.05) is 33.3 Å². The van der Waals surface area contributed by atoms with E-state index in [9.17, 15) is 4.79 Å². The maximum atomic E-state index is 11.9. The quantitative estimate of drug-likeness (QED) is 0.702. The van der Waals surface area contributed by atoms with E-state index in [0.717, 1.165) is 19.6 Å². The third kappa shape index (κ3) is 2.96. The van der Waals surface area contributed by atoms with Gasteiger partial charge in [-0.1, -0.05) is 6.92 Å². The van der Waals surface area contributed by atoms with E-state index in [0.29, 0.717) is 6.61 Å². The van der Waals surface area contributed by atoms with Gasteiger partial charge >= 0.3 is 0 Å². The molecule has 14 heavy (non-hydrogen) atoms. The van der Waals surface area contributed by atoms with E-state index < -0.39 is 0 Å². The van der Waals surface area contributed by atoms with Gasteiger partial charge in [0.1, 0.15) is 0 Å². The summed E-state index contributed by atoms with van der Waals surface area (Å²) in [6, 6.07) is 0. The van der Waals surface area contributed by atoms with Crippen LogP contribution in [-0.4, -0.2) is 50.2 Å². The van der Waals surface area contributed by atoms with Crippen LogP contribution in [0.3, 0.4) is 0 Å². The number of nitrogens with zero attached hydrogens (tertiary/aromatic N) is 1. The third-order valence-corrected chi connectivity index (χ3v) is 2.48. The number of nitrogens with one attached hydrogen (secondary N) is 1. The molecule has 0 bridgehead atoms. The first kappa shape index (κ1) is 11.5. The van der Waals surface area contributed by atoms with Crippen molar-refractivity contribution < 1.29 is 9.53 Å². The van der Waals surface area contributed by atoms with Gasteiger partial charge in [-0.05, 0) is 14.0 Å². The fourth-order valence-electron chi connectivity index (χ4n) is 1.72. The molecule has 1 N–H and O–H groups in total. The lowest BCUT2D eigenvalue weighted by Crippen LogP contribution is -2.47. The second-order valence-electron chi connectivity index (χ2n) is 3.92. The molecule has 82 valence electrons. The molecular formula is C10H20N2O2. The minimum Gasteiger partial charge on any atom is -0.375 e. The van der Waals surface area contributed by atoms with Crippen molar-refractivity contribution in [2.24, 2.45) is 5.92 Å². The third-order valence-electron chi connectivity index (χ3n) is 2.48. The minimum atomic E-state index is 0.0605. The van der Waals surface area contributed by atoms with Gasteiger partial charge in [0.15, 0.2) is 0 Å². The molecule has 1 aliphatic heterocycles. The maximum Gasteiger partial charge on any atom is 0.226 e. The van der Waals surface area contributed by atoms with Gasteiger partial charge in [0.25, 0.3) is 0 Å². The molecular weight excluding hydrogens is 180 g/mol. The fourth-order valence-corrected chi connectivity index (χ4v) is 1.72. The van der Waals surface area contributed by atoms with Gasteiger partial charge in [-0.2, -0.15) is 0 Å². The second kappa shape index (κ2) is 5.32. The van der Waals surface area contributed by atoms with E-state index >= 15 is 0 Å². The Kier molecular flexibility index (Phi) is 4.35. The largest absolute Gasteiger partial charge is 0.375 e. The molecule has 0 radical (unpaired) electrons. The Morgan fingerprint density at radius 2 is 2.43 bits per heavy atom. The normalized spacial score (nSPS) is 24.8. The molecule has 0 aliphatic carbocycles. The molecule has 0 aromatic rings. The Balaban J connectivity index is 2.42. The van der Waals surface area contributed by atoms with Crippen molar-refractivity contribution in [1.82, 2.24) is 10.2 Å². The zero-order valence-corrected chi connectivity index (χ0v) is 9.25. The van der Waals surface area contributed by atoms with Crippen molar-refractivity contribution in [3.05, 3.63) is 0 Å². The van der Waals surface area contributed by atoms with Gasteiger partial charge in [0, 0.05) is 25.6 Å². The smallest absolute Gasteiger partial charge is 0.226 e. The molecule has 0 aromatic carbocycles. The number of carbonyl (C=O) groups is 1. The summed E-state index contributed by atoms with van der Waals surface area (Å²) in [7, 11) is 1.87. The molecule has 0 saturated carbocycles. The Hall–Kier alpha value is -0.610. The van der Waals surface area contributed by atoms with Crippen molar-refractivity contribution in [1.29, 1.82) is 0 Å². The minimum absolute atomic E-state index is 0.0605. The molecule has 0 aromatic heterocycles. The second-order valence-corrected chi connectivity index (χ2v) is 3.92. The van der Waals surface area contributed by atoms with E-state index in [-0.39, 0.29) is 17.9 Å². The van der Waals surface area contributed by atoms with Gasteiger partial charge in [0.2, 0.25) is 5.91 Å². The molecule has 1 amide bonds. The highest BCUT2D eigenvalue weighted by Gasteiger charge is 2.24. The van der Waals surface area contributed by atoms with Gasteiger partial charge in [-0.15, -0.1) is 0 Å².